The highest BCUT2D eigenvalue weighted by Crippen LogP contribution is 2.22. The maximum absolute atomic E-state index is 6.05. The lowest BCUT2D eigenvalue weighted by Gasteiger charge is -2.09. The van der Waals surface area contributed by atoms with Crippen LogP contribution in [0.5, 0.6) is 0 Å². The van der Waals surface area contributed by atoms with E-state index in [0.29, 0.717) is 0 Å². The van der Waals surface area contributed by atoms with Crippen molar-refractivity contribution in [2.75, 3.05) is 11.9 Å². The van der Waals surface area contributed by atoms with Gasteiger partial charge in [-0.05, 0) is 60.5 Å². The van der Waals surface area contributed by atoms with E-state index in [2.05, 4.69) is 57.1 Å². The molecule has 0 bridgehead atoms. The number of nitrogens with one attached hydrogen (secondary N) is 3. The van der Waals surface area contributed by atoms with Crippen molar-refractivity contribution >= 4 is 33.9 Å². The number of H-pyrrole nitrogens is 1. The molecular formula is C22H21ClN4. The minimum Gasteiger partial charge on any atom is -0.361 e. The zero-order valence-electron chi connectivity index (χ0n) is 14.9. The molecule has 0 aliphatic heterocycles. The molecule has 0 radical (unpaired) electrons. The standard InChI is InChI=1S/C22H21ClN4/c23-18-4-5-21-17(15-26-22(21)13-18)6-9-25-14-16-2-1-3-20(12-16)27-19-7-10-24-11-8-19/h1-5,7-8,10-13,15,25-26H,6,9,14H2,(H,24,27). The molecule has 0 aliphatic carbocycles. The van der Waals surface area contributed by atoms with Gasteiger partial charge in [-0.15, -0.1) is 0 Å². The van der Waals surface area contributed by atoms with Gasteiger partial charge in [0.15, 0.2) is 0 Å². The molecule has 4 rings (SSSR count). The Hall–Kier alpha value is -2.82. The second kappa shape index (κ2) is 8.25. The van der Waals surface area contributed by atoms with Gasteiger partial charge in [-0.3, -0.25) is 4.98 Å². The predicted molar refractivity (Wildman–Crippen MR) is 113 cm³/mol. The van der Waals surface area contributed by atoms with Gasteiger partial charge in [-0.2, -0.15) is 0 Å². The first-order valence-corrected chi connectivity index (χ1v) is 9.38. The summed E-state index contributed by atoms with van der Waals surface area (Å²) in [6.45, 7) is 1.75. The van der Waals surface area contributed by atoms with E-state index in [9.17, 15) is 0 Å². The summed E-state index contributed by atoms with van der Waals surface area (Å²) in [6, 6.07) is 18.4. The van der Waals surface area contributed by atoms with Crippen LogP contribution in [0.15, 0.2) is 73.2 Å². The van der Waals surface area contributed by atoms with Crippen LogP contribution in [0, 0.1) is 0 Å². The van der Waals surface area contributed by atoms with Crippen LogP contribution in [0.4, 0.5) is 11.4 Å². The number of hydrogen-bond acceptors (Lipinski definition) is 3. The SMILES string of the molecule is Clc1ccc2c(CCNCc3cccc(Nc4ccncc4)c3)c[nH]c2c1. The predicted octanol–water partition coefficient (Wildman–Crippen LogP) is 5.29. The fourth-order valence-corrected chi connectivity index (χ4v) is 3.35. The molecule has 4 aromatic rings. The Morgan fingerprint density at radius 3 is 2.74 bits per heavy atom. The van der Waals surface area contributed by atoms with Gasteiger partial charge in [0.1, 0.15) is 0 Å². The molecular weight excluding hydrogens is 356 g/mol. The highest BCUT2D eigenvalue weighted by Gasteiger charge is 2.04. The summed E-state index contributed by atoms with van der Waals surface area (Å²) in [5.41, 5.74) is 5.76. The minimum absolute atomic E-state index is 0.759. The van der Waals surface area contributed by atoms with Gasteiger partial charge in [0.05, 0.1) is 0 Å². The third-order valence-corrected chi connectivity index (χ3v) is 4.76. The van der Waals surface area contributed by atoms with Crippen LogP contribution in [0.2, 0.25) is 5.02 Å². The molecule has 0 aliphatic rings. The first-order chi connectivity index (χ1) is 13.3. The topological polar surface area (TPSA) is 52.7 Å². The summed E-state index contributed by atoms with van der Waals surface area (Å²) in [5.74, 6) is 0. The summed E-state index contributed by atoms with van der Waals surface area (Å²) in [7, 11) is 0. The quantitative estimate of drug-likeness (QED) is 0.384. The summed E-state index contributed by atoms with van der Waals surface area (Å²) in [5, 5.41) is 8.93. The van der Waals surface area contributed by atoms with Gasteiger partial charge >= 0.3 is 0 Å². The molecule has 0 amide bonds. The van der Waals surface area contributed by atoms with Crippen molar-refractivity contribution < 1.29 is 0 Å². The van der Waals surface area contributed by atoms with E-state index in [1.54, 1.807) is 12.4 Å². The van der Waals surface area contributed by atoms with Gasteiger partial charge < -0.3 is 15.6 Å². The number of aromatic nitrogens is 2. The molecule has 2 aromatic heterocycles. The Labute approximate surface area is 163 Å². The molecule has 136 valence electrons. The lowest BCUT2D eigenvalue weighted by molar-refractivity contribution is 0.688. The maximum atomic E-state index is 6.05. The summed E-state index contributed by atoms with van der Waals surface area (Å²) >= 11 is 6.05. The number of benzene rings is 2. The van der Waals surface area contributed by atoms with E-state index in [1.165, 1.54) is 16.5 Å². The number of fused-ring (bicyclic) bond motifs is 1. The number of rotatable bonds is 7. The highest BCUT2D eigenvalue weighted by atomic mass is 35.5. The summed E-state index contributed by atoms with van der Waals surface area (Å²) in [6.07, 6.45) is 6.61. The molecule has 0 atom stereocenters. The minimum atomic E-state index is 0.759. The fraction of sp³-hybridized carbons (Fsp3) is 0.136. The molecule has 4 nitrogen and oxygen atoms in total. The average molecular weight is 377 g/mol. The fourth-order valence-electron chi connectivity index (χ4n) is 3.18. The van der Waals surface area contributed by atoms with Gasteiger partial charge in [0.25, 0.3) is 0 Å². The van der Waals surface area contributed by atoms with Crippen molar-refractivity contribution in [2.24, 2.45) is 0 Å². The van der Waals surface area contributed by atoms with Gasteiger partial charge in [-0.1, -0.05) is 29.8 Å². The van der Waals surface area contributed by atoms with Crippen LogP contribution < -0.4 is 10.6 Å². The van der Waals surface area contributed by atoms with Crippen molar-refractivity contribution in [2.45, 2.75) is 13.0 Å². The zero-order valence-corrected chi connectivity index (χ0v) is 15.6. The van der Waals surface area contributed by atoms with Crippen LogP contribution >= 0.6 is 11.6 Å². The second-order valence-electron chi connectivity index (χ2n) is 6.49. The van der Waals surface area contributed by atoms with Crippen molar-refractivity contribution in [3.05, 3.63) is 89.3 Å². The van der Waals surface area contributed by atoms with Crippen LogP contribution in [0.1, 0.15) is 11.1 Å². The van der Waals surface area contributed by atoms with Crippen LogP contribution in [-0.2, 0) is 13.0 Å². The monoisotopic (exact) mass is 376 g/mol. The highest BCUT2D eigenvalue weighted by molar-refractivity contribution is 6.31. The van der Waals surface area contributed by atoms with Crippen LogP contribution in [0.25, 0.3) is 10.9 Å². The van der Waals surface area contributed by atoms with Crippen LogP contribution in [-0.4, -0.2) is 16.5 Å². The summed E-state index contributed by atoms with van der Waals surface area (Å²) < 4.78 is 0. The summed E-state index contributed by atoms with van der Waals surface area (Å²) in [4.78, 5) is 7.33. The molecule has 0 spiro atoms. The van der Waals surface area contributed by atoms with Crippen molar-refractivity contribution in [1.29, 1.82) is 0 Å². The lowest BCUT2D eigenvalue weighted by Crippen LogP contribution is -2.16. The third kappa shape index (κ3) is 4.48. The normalized spacial score (nSPS) is 11.0. The Morgan fingerprint density at radius 2 is 1.85 bits per heavy atom. The molecule has 5 heteroatoms. The number of aromatic amines is 1. The van der Waals surface area contributed by atoms with E-state index in [4.69, 9.17) is 11.6 Å². The number of nitrogens with zero attached hydrogens (tertiary/aromatic N) is 1. The Morgan fingerprint density at radius 1 is 0.963 bits per heavy atom. The Balaban J connectivity index is 1.32. The number of anilines is 2. The maximum Gasteiger partial charge on any atom is 0.0471 e. The number of hydrogen-bond donors (Lipinski definition) is 3. The average Bonchev–Trinajstić information content (AvgIpc) is 3.08. The Bertz CT molecular complexity index is 1030. The molecule has 0 fully saturated rings. The molecule has 27 heavy (non-hydrogen) atoms. The van der Waals surface area contributed by atoms with Crippen molar-refractivity contribution in [1.82, 2.24) is 15.3 Å². The van der Waals surface area contributed by atoms with E-state index in [0.717, 1.165) is 41.4 Å². The van der Waals surface area contributed by atoms with Crippen LogP contribution in [0.3, 0.4) is 0 Å². The first-order valence-electron chi connectivity index (χ1n) is 9.00. The van der Waals surface area contributed by atoms with E-state index >= 15 is 0 Å². The lowest BCUT2D eigenvalue weighted by atomic mass is 10.1. The molecule has 0 unspecified atom stereocenters. The Kier molecular flexibility index (Phi) is 5.37. The molecule has 3 N–H and O–H groups in total. The van der Waals surface area contributed by atoms with E-state index in [1.807, 2.05) is 24.3 Å². The van der Waals surface area contributed by atoms with E-state index < -0.39 is 0 Å². The van der Waals surface area contributed by atoms with Crippen molar-refractivity contribution in [3.8, 4) is 0 Å². The van der Waals surface area contributed by atoms with E-state index in [-0.39, 0.29) is 0 Å². The largest absolute Gasteiger partial charge is 0.361 e. The molecule has 0 saturated heterocycles. The smallest absolute Gasteiger partial charge is 0.0471 e. The first kappa shape index (κ1) is 17.6. The molecule has 2 aromatic carbocycles. The van der Waals surface area contributed by atoms with Gasteiger partial charge in [0, 0.05) is 52.4 Å². The zero-order chi connectivity index (χ0) is 18.5. The van der Waals surface area contributed by atoms with Gasteiger partial charge in [0.2, 0.25) is 0 Å². The third-order valence-electron chi connectivity index (χ3n) is 4.53. The number of pyridine rings is 1. The molecule has 0 saturated carbocycles. The number of halogens is 1. The van der Waals surface area contributed by atoms with Crippen molar-refractivity contribution in [3.63, 3.8) is 0 Å². The second-order valence-corrected chi connectivity index (χ2v) is 6.93. The van der Waals surface area contributed by atoms with Gasteiger partial charge in [-0.25, -0.2) is 0 Å². The molecule has 2 heterocycles.